The molecule has 0 bridgehead atoms. The van der Waals surface area contributed by atoms with Gasteiger partial charge in [0.25, 0.3) is 0 Å². The number of hydrogen-bond donors (Lipinski definition) is 1. The molecule has 0 radical (unpaired) electrons. The van der Waals surface area contributed by atoms with Crippen LogP contribution in [0.1, 0.15) is 17.7 Å². The van der Waals surface area contributed by atoms with Crippen molar-refractivity contribution in [2.24, 2.45) is 16.6 Å². The molecule has 29 heavy (non-hydrogen) atoms. The number of anilines is 1. The minimum atomic E-state index is -0.193. The van der Waals surface area contributed by atoms with Crippen molar-refractivity contribution in [2.75, 3.05) is 50.7 Å². The summed E-state index contributed by atoms with van der Waals surface area (Å²) < 4.78 is 13.1. The van der Waals surface area contributed by atoms with Gasteiger partial charge in [-0.05, 0) is 67.6 Å². The van der Waals surface area contributed by atoms with Gasteiger partial charge in [-0.1, -0.05) is 6.07 Å². The van der Waals surface area contributed by atoms with E-state index in [1.54, 1.807) is 0 Å². The Bertz CT molecular complexity index is 776. The normalized spacial score (nSPS) is 19.7. The lowest BCUT2D eigenvalue weighted by molar-refractivity contribution is 0.182. The van der Waals surface area contributed by atoms with Crippen LogP contribution in [0.2, 0.25) is 0 Å². The van der Waals surface area contributed by atoms with E-state index in [0.717, 1.165) is 58.0 Å². The fourth-order valence-corrected chi connectivity index (χ4v) is 4.86. The molecule has 2 N–H and O–H groups in total. The fraction of sp³-hybridized carbons (Fsp3) is 0.500. The third-order valence-corrected chi connectivity index (χ3v) is 6.83. The number of thiophene rings is 1. The van der Waals surface area contributed by atoms with E-state index in [1.165, 1.54) is 29.9 Å². The maximum absolute atomic E-state index is 13.1. The first-order valence-electron chi connectivity index (χ1n) is 10.5. The van der Waals surface area contributed by atoms with Gasteiger partial charge < -0.3 is 15.5 Å². The van der Waals surface area contributed by atoms with Gasteiger partial charge in [-0.3, -0.25) is 9.89 Å². The molecule has 7 heteroatoms. The van der Waals surface area contributed by atoms with Gasteiger partial charge in [0, 0.05) is 49.8 Å². The Hall–Kier alpha value is -2.12. The van der Waals surface area contributed by atoms with Gasteiger partial charge in [0.2, 0.25) is 0 Å². The summed E-state index contributed by atoms with van der Waals surface area (Å²) in [4.78, 5) is 13.2. The number of piperazine rings is 1. The molecule has 2 aromatic rings. The highest BCUT2D eigenvalue weighted by molar-refractivity contribution is 7.09. The molecule has 5 nitrogen and oxygen atoms in total. The Labute approximate surface area is 176 Å². The Morgan fingerprint density at radius 3 is 2.41 bits per heavy atom. The molecule has 2 aliphatic rings. The molecule has 2 fully saturated rings. The Morgan fingerprint density at radius 1 is 1.03 bits per heavy atom. The number of halogens is 1. The summed E-state index contributed by atoms with van der Waals surface area (Å²) in [5.74, 6) is 1.11. The summed E-state index contributed by atoms with van der Waals surface area (Å²) >= 11 is 1.84. The first-order valence-corrected chi connectivity index (χ1v) is 11.4. The topological polar surface area (TPSA) is 48.1 Å². The van der Waals surface area contributed by atoms with Crippen molar-refractivity contribution in [3.8, 4) is 0 Å². The van der Waals surface area contributed by atoms with Crippen LogP contribution in [0.15, 0.2) is 46.8 Å². The number of nitrogens with zero attached hydrogens (tertiary/aromatic N) is 4. The van der Waals surface area contributed by atoms with Gasteiger partial charge in [-0.25, -0.2) is 4.39 Å². The standard InChI is InChI=1S/C22H30FN5S/c23-19-3-5-20(6-4-19)27-11-13-28(14-12-27)22(24)25-16-18-7-9-26(10-8-18)17-21-2-1-15-29-21/h1-6,15,18H,7-14,16-17H2,(H2,24,25). The van der Waals surface area contributed by atoms with E-state index in [-0.39, 0.29) is 5.82 Å². The zero-order valence-corrected chi connectivity index (χ0v) is 17.7. The van der Waals surface area contributed by atoms with E-state index in [9.17, 15) is 4.39 Å². The summed E-state index contributed by atoms with van der Waals surface area (Å²) in [6, 6.07) is 11.1. The van der Waals surface area contributed by atoms with Crippen molar-refractivity contribution in [3.05, 3.63) is 52.5 Å². The average Bonchev–Trinajstić information content (AvgIpc) is 3.27. The molecule has 1 aromatic heterocycles. The number of likely N-dealkylation sites (tertiary alicyclic amines) is 1. The molecule has 3 heterocycles. The van der Waals surface area contributed by atoms with E-state index in [0.29, 0.717) is 11.9 Å². The monoisotopic (exact) mass is 415 g/mol. The highest BCUT2D eigenvalue weighted by Gasteiger charge is 2.21. The zero-order chi connectivity index (χ0) is 20.1. The van der Waals surface area contributed by atoms with Gasteiger partial charge in [0.1, 0.15) is 5.82 Å². The molecular formula is C22H30FN5S. The predicted molar refractivity (Wildman–Crippen MR) is 119 cm³/mol. The van der Waals surface area contributed by atoms with E-state index in [2.05, 4.69) is 32.2 Å². The maximum atomic E-state index is 13.1. The summed E-state index contributed by atoms with van der Waals surface area (Å²) in [5.41, 5.74) is 7.35. The number of benzene rings is 1. The quantitative estimate of drug-likeness (QED) is 0.602. The summed E-state index contributed by atoms with van der Waals surface area (Å²) in [6.07, 6.45) is 2.39. The molecule has 156 valence electrons. The van der Waals surface area contributed by atoms with Crippen molar-refractivity contribution >= 4 is 23.0 Å². The molecular weight excluding hydrogens is 385 g/mol. The van der Waals surface area contributed by atoms with Crippen molar-refractivity contribution in [1.29, 1.82) is 0 Å². The molecule has 0 saturated carbocycles. The molecule has 0 unspecified atom stereocenters. The largest absolute Gasteiger partial charge is 0.370 e. The van der Waals surface area contributed by atoms with E-state index in [1.807, 2.05) is 23.5 Å². The van der Waals surface area contributed by atoms with Crippen molar-refractivity contribution in [3.63, 3.8) is 0 Å². The molecule has 0 amide bonds. The van der Waals surface area contributed by atoms with Gasteiger partial charge in [-0.2, -0.15) is 0 Å². The summed E-state index contributed by atoms with van der Waals surface area (Å²) in [5, 5.41) is 2.15. The lowest BCUT2D eigenvalue weighted by Crippen LogP contribution is -2.51. The first kappa shape index (κ1) is 20.2. The third-order valence-electron chi connectivity index (χ3n) is 5.97. The van der Waals surface area contributed by atoms with Crippen LogP contribution >= 0.6 is 11.3 Å². The number of guanidine groups is 1. The highest BCUT2D eigenvalue weighted by Crippen LogP contribution is 2.21. The van der Waals surface area contributed by atoms with Crippen LogP contribution in [0.4, 0.5) is 10.1 Å². The first-order chi connectivity index (χ1) is 14.2. The number of hydrogen-bond acceptors (Lipinski definition) is 4. The average molecular weight is 416 g/mol. The minimum absolute atomic E-state index is 0.193. The maximum Gasteiger partial charge on any atom is 0.191 e. The smallest absolute Gasteiger partial charge is 0.191 e. The highest BCUT2D eigenvalue weighted by atomic mass is 32.1. The second kappa shape index (κ2) is 9.59. The van der Waals surface area contributed by atoms with Crippen LogP contribution in [-0.2, 0) is 6.54 Å². The SMILES string of the molecule is NC(=NCC1CCN(Cc2cccs2)CC1)N1CCN(c2ccc(F)cc2)CC1. The fourth-order valence-electron chi connectivity index (χ4n) is 4.12. The van der Waals surface area contributed by atoms with Gasteiger partial charge in [0.05, 0.1) is 0 Å². The zero-order valence-electron chi connectivity index (χ0n) is 16.8. The molecule has 4 rings (SSSR count). The lowest BCUT2D eigenvalue weighted by atomic mass is 9.97. The van der Waals surface area contributed by atoms with Crippen LogP contribution < -0.4 is 10.6 Å². The number of piperidine rings is 1. The molecule has 0 spiro atoms. The van der Waals surface area contributed by atoms with Crippen LogP contribution in [-0.4, -0.2) is 61.6 Å². The van der Waals surface area contributed by atoms with Crippen LogP contribution in [0.3, 0.4) is 0 Å². The second-order valence-corrected chi connectivity index (χ2v) is 8.98. The van der Waals surface area contributed by atoms with E-state index < -0.39 is 0 Å². The van der Waals surface area contributed by atoms with Gasteiger partial charge in [-0.15, -0.1) is 11.3 Å². The Balaban J connectivity index is 1.19. The third kappa shape index (κ3) is 5.48. The molecule has 2 saturated heterocycles. The van der Waals surface area contributed by atoms with Crippen molar-refractivity contribution in [2.45, 2.75) is 19.4 Å². The molecule has 0 aliphatic carbocycles. The minimum Gasteiger partial charge on any atom is -0.370 e. The molecule has 2 aliphatic heterocycles. The predicted octanol–water partition coefficient (Wildman–Crippen LogP) is 3.24. The van der Waals surface area contributed by atoms with Gasteiger partial charge in [0.15, 0.2) is 5.96 Å². The molecule has 1 aromatic carbocycles. The van der Waals surface area contributed by atoms with Gasteiger partial charge >= 0.3 is 0 Å². The van der Waals surface area contributed by atoms with E-state index >= 15 is 0 Å². The lowest BCUT2D eigenvalue weighted by Gasteiger charge is -2.37. The van der Waals surface area contributed by atoms with Crippen LogP contribution in [0.5, 0.6) is 0 Å². The number of nitrogens with two attached hydrogens (primary N) is 1. The number of aliphatic imine (C=N–C) groups is 1. The Kier molecular flexibility index (Phi) is 6.67. The molecule has 0 atom stereocenters. The number of rotatable bonds is 5. The second-order valence-electron chi connectivity index (χ2n) is 7.95. The van der Waals surface area contributed by atoms with E-state index in [4.69, 9.17) is 10.7 Å². The Morgan fingerprint density at radius 2 is 1.76 bits per heavy atom. The van der Waals surface area contributed by atoms with Crippen LogP contribution in [0, 0.1) is 11.7 Å². The van der Waals surface area contributed by atoms with Crippen LogP contribution in [0.25, 0.3) is 0 Å². The van der Waals surface area contributed by atoms with Crippen molar-refractivity contribution < 1.29 is 4.39 Å². The van der Waals surface area contributed by atoms with Crippen molar-refractivity contribution in [1.82, 2.24) is 9.80 Å². The summed E-state index contributed by atoms with van der Waals surface area (Å²) in [7, 11) is 0. The summed E-state index contributed by atoms with van der Waals surface area (Å²) in [6.45, 7) is 7.66.